The van der Waals surface area contributed by atoms with Crippen LogP contribution in [0, 0.1) is 0 Å². The van der Waals surface area contributed by atoms with Crippen molar-refractivity contribution >= 4 is 11.8 Å². The fourth-order valence-electron chi connectivity index (χ4n) is 3.65. The van der Waals surface area contributed by atoms with Crippen molar-refractivity contribution in [3.63, 3.8) is 0 Å². The Morgan fingerprint density at radius 1 is 1.23 bits per heavy atom. The molecule has 2 aromatic rings. The largest absolute Gasteiger partial charge is 0.433 e. The van der Waals surface area contributed by atoms with Crippen LogP contribution in [0.15, 0.2) is 12.3 Å². The number of nitrogens with zero attached hydrogens (tertiary/aromatic N) is 5. The second kappa shape index (κ2) is 8.83. The summed E-state index contributed by atoms with van der Waals surface area (Å²) in [5.41, 5.74) is 4.99. The standard InChI is InChI=1S/C20H26F2N6O3/c1-20(2)11-29-8-6-28(20)18-25-17(13-10-24-14(23)9-12(13)16(21)22)26-19(27-18)31-15-5-3-4-7-30-15/h9-10,15-16H,3-8,11H2,1-2H3,(H2,23,24). The molecule has 11 heteroatoms. The monoisotopic (exact) mass is 436 g/mol. The predicted octanol–water partition coefficient (Wildman–Crippen LogP) is 2.97. The molecule has 31 heavy (non-hydrogen) atoms. The van der Waals surface area contributed by atoms with E-state index in [0.29, 0.717) is 38.7 Å². The summed E-state index contributed by atoms with van der Waals surface area (Å²) in [6.45, 7) is 6.09. The van der Waals surface area contributed by atoms with Crippen molar-refractivity contribution in [2.75, 3.05) is 37.0 Å². The molecule has 168 valence electrons. The summed E-state index contributed by atoms with van der Waals surface area (Å²) in [5.74, 6) is 0.358. The Kier molecular flexibility index (Phi) is 6.15. The maximum atomic E-state index is 13.7. The highest BCUT2D eigenvalue weighted by Gasteiger charge is 2.34. The van der Waals surface area contributed by atoms with Gasteiger partial charge in [0, 0.05) is 30.3 Å². The van der Waals surface area contributed by atoms with E-state index < -0.39 is 18.3 Å². The number of halogens is 2. The number of anilines is 2. The van der Waals surface area contributed by atoms with E-state index in [1.807, 2.05) is 18.7 Å². The van der Waals surface area contributed by atoms with E-state index in [2.05, 4.69) is 19.9 Å². The van der Waals surface area contributed by atoms with Crippen molar-refractivity contribution < 1.29 is 23.0 Å². The third-order valence-corrected chi connectivity index (χ3v) is 5.30. The summed E-state index contributed by atoms with van der Waals surface area (Å²) in [6.07, 6.45) is 0.611. The van der Waals surface area contributed by atoms with Gasteiger partial charge in [0.15, 0.2) is 5.82 Å². The van der Waals surface area contributed by atoms with Crippen molar-refractivity contribution in [1.29, 1.82) is 0 Å². The lowest BCUT2D eigenvalue weighted by Gasteiger charge is -2.42. The quantitative estimate of drug-likeness (QED) is 0.756. The van der Waals surface area contributed by atoms with E-state index in [4.69, 9.17) is 19.9 Å². The number of ether oxygens (including phenoxy) is 3. The number of nitrogens with two attached hydrogens (primary N) is 1. The summed E-state index contributed by atoms with van der Waals surface area (Å²) < 4.78 is 44.5. The smallest absolute Gasteiger partial charge is 0.324 e. The zero-order valence-electron chi connectivity index (χ0n) is 17.6. The van der Waals surface area contributed by atoms with Gasteiger partial charge < -0.3 is 24.8 Å². The first kappa shape index (κ1) is 21.6. The zero-order valence-corrected chi connectivity index (χ0v) is 17.6. The second-order valence-electron chi connectivity index (χ2n) is 8.17. The van der Waals surface area contributed by atoms with E-state index in [-0.39, 0.29) is 28.8 Å². The molecule has 0 amide bonds. The van der Waals surface area contributed by atoms with Gasteiger partial charge in [0.25, 0.3) is 6.43 Å². The number of nitrogen functional groups attached to an aromatic ring is 1. The van der Waals surface area contributed by atoms with E-state index >= 15 is 0 Å². The number of aromatic nitrogens is 4. The number of morpholine rings is 1. The van der Waals surface area contributed by atoms with Crippen LogP contribution in [0.3, 0.4) is 0 Å². The van der Waals surface area contributed by atoms with Crippen LogP contribution in [0.1, 0.15) is 45.1 Å². The lowest BCUT2D eigenvalue weighted by molar-refractivity contribution is -0.109. The summed E-state index contributed by atoms with van der Waals surface area (Å²) in [7, 11) is 0. The molecule has 1 unspecified atom stereocenters. The molecule has 0 radical (unpaired) electrons. The maximum Gasteiger partial charge on any atom is 0.324 e. The lowest BCUT2D eigenvalue weighted by atomic mass is 10.0. The van der Waals surface area contributed by atoms with Crippen LogP contribution in [-0.4, -0.2) is 58.1 Å². The molecule has 0 spiro atoms. The molecule has 0 aromatic carbocycles. The number of hydrogen-bond donors (Lipinski definition) is 1. The first-order valence-electron chi connectivity index (χ1n) is 10.3. The van der Waals surface area contributed by atoms with E-state index in [1.165, 1.54) is 6.20 Å². The number of pyridine rings is 1. The van der Waals surface area contributed by atoms with Crippen molar-refractivity contribution in [3.8, 4) is 17.4 Å². The Bertz CT molecular complexity index is 924. The minimum atomic E-state index is -2.77. The van der Waals surface area contributed by atoms with E-state index in [9.17, 15) is 8.78 Å². The van der Waals surface area contributed by atoms with Gasteiger partial charge >= 0.3 is 6.01 Å². The number of rotatable bonds is 5. The van der Waals surface area contributed by atoms with Gasteiger partial charge in [0.2, 0.25) is 12.2 Å². The molecular weight excluding hydrogens is 410 g/mol. The van der Waals surface area contributed by atoms with Crippen LogP contribution in [-0.2, 0) is 9.47 Å². The molecule has 2 N–H and O–H groups in total. The van der Waals surface area contributed by atoms with Crippen LogP contribution < -0.4 is 15.4 Å². The SMILES string of the molecule is CC1(C)COCCN1c1nc(OC2CCCCO2)nc(-c2cnc(N)cc2C(F)F)n1. The Morgan fingerprint density at radius 2 is 2.06 bits per heavy atom. The minimum Gasteiger partial charge on any atom is -0.433 e. The lowest BCUT2D eigenvalue weighted by Crippen LogP contribution is -2.54. The van der Waals surface area contributed by atoms with Gasteiger partial charge in [-0.1, -0.05) is 0 Å². The van der Waals surface area contributed by atoms with Crippen LogP contribution >= 0.6 is 0 Å². The summed E-state index contributed by atoms with van der Waals surface area (Å²) in [4.78, 5) is 19.2. The highest BCUT2D eigenvalue weighted by molar-refractivity contribution is 5.63. The molecule has 2 fully saturated rings. The Hall–Kier alpha value is -2.66. The molecular formula is C20H26F2N6O3. The van der Waals surface area contributed by atoms with Gasteiger partial charge in [0.05, 0.1) is 25.4 Å². The van der Waals surface area contributed by atoms with E-state index in [0.717, 1.165) is 18.9 Å². The topological polar surface area (TPSA) is 109 Å². The molecule has 2 aliphatic heterocycles. The van der Waals surface area contributed by atoms with Gasteiger partial charge in [-0.15, -0.1) is 0 Å². The molecule has 9 nitrogen and oxygen atoms in total. The molecule has 0 bridgehead atoms. The summed E-state index contributed by atoms with van der Waals surface area (Å²) in [5, 5.41) is 0. The maximum absolute atomic E-state index is 13.7. The fourth-order valence-corrected chi connectivity index (χ4v) is 3.65. The zero-order chi connectivity index (χ0) is 22.0. The Morgan fingerprint density at radius 3 is 2.77 bits per heavy atom. The second-order valence-corrected chi connectivity index (χ2v) is 8.17. The molecule has 2 aromatic heterocycles. The number of alkyl halides is 2. The molecule has 2 aliphatic rings. The first-order chi connectivity index (χ1) is 14.8. The van der Waals surface area contributed by atoms with Crippen molar-refractivity contribution in [2.45, 2.75) is 51.4 Å². The van der Waals surface area contributed by atoms with Crippen LogP contribution in [0.4, 0.5) is 20.5 Å². The third-order valence-electron chi connectivity index (χ3n) is 5.30. The number of hydrogen-bond acceptors (Lipinski definition) is 9. The average molecular weight is 436 g/mol. The van der Waals surface area contributed by atoms with Gasteiger partial charge in [-0.05, 0) is 32.8 Å². The fraction of sp³-hybridized carbons (Fsp3) is 0.600. The van der Waals surface area contributed by atoms with Crippen LogP contribution in [0.5, 0.6) is 6.01 Å². The summed E-state index contributed by atoms with van der Waals surface area (Å²) >= 11 is 0. The van der Waals surface area contributed by atoms with Crippen LogP contribution in [0.2, 0.25) is 0 Å². The molecule has 0 aliphatic carbocycles. The third kappa shape index (κ3) is 4.82. The average Bonchev–Trinajstić information content (AvgIpc) is 2.74. The van der Waals surface area contributed by atoms with Gasteiger partial charge in [0.1, 0.15) is 5.82 Å². The van der Waals surface area contributed by atoms with Gasteiger partial charge in [-0.25, -0.2) is 13.8 Å². The predicted molar refractivity (Wildman–Crippen MR) is 109 cm³/mol. The highest BCUT2D eigenvalue weighted by Crippen LogP contribution is 2.33. The highest BCUT2D eigenvalue weighted by atomic mass is 19.3. The molecule has 4 rings (SSSR count). The first-order valence-corrected chi connectivity index (χ1v) is 10.3. The Labute approximate surface area is 179 Å². The van der Waals surface area contributed by atoms with Gasteiger partial charge in [-0.2, -0.15) is 15.0 Å². The van der Waals surface area contributed by atoms with Gasteiger partial charge in [-0.3, -0.25) is 0 Å². The summed E-state index contributed by atoms with van der Waals surface area (Å²) in [6, 6.07) is 1.15. The molecule has 2 saturated heterocycles. The molecule has 0 saturated carbocycles. The van der Waals surface area contributed by atoms with Crippen molar-refractivity contribution in [3.05, 3.63) is 17.8 Å². The van der Waals surface area contributed by atoms with Crippen LogP contribution in [0.25, 0.3) is 11.4 Å². The molecule has 1 atom stereocenters. The minimum absolute atomic E-state index is 0.00489. The molecule has 4 heterocycles. The van der Waals surface area contributed by atoms with Crippen molar-refractivity contribution in [1.82, 2.24) is 19.9 Å². The Balaban J connectivity index is 1.78. The van der Waals surface area contributed by atoms with E-state index in [1.54, 1.807) is 0 Å². The normalized spacial score (nSPS) is 21.3. The van der Waals surface area contributed by atoms with Crippen molar-refractivity contribution in [2.24, 2.45) is 0 Å².